The Balaban J connectivity index is 1.15. The van der Waals surface area contributed by atoms with E-state index in [9.17, 15) is 5.26 Å². The Morgan fingerprint density at radius 2 is 0.845 bits per heavy atom. The highest BCUT2D eigenvalue weighted by molar-refractivity contribution is 6.12. The van der Waals surface area contributed by atoms with Gasteiger partial charge in [0.1, 0.15) is 11.6 Å². The van der Waals surface area contributed by atoms with Gasteiger partial charge < -0.3 is 9.13 Å². The van der Waals surface area contributed by atoms with E-state index in [0.717, 1.165) is 50.2 Å². The van der Waals surface area contributed by atoms with Gasteiger partial charge in [-0.3, -0.25) is 0 Å². The van der Waals surface area contributed by atoms with E-state index in [1.165, 1.54) is 32.6 Å². The summed E-state index contributed by atoms with van der Waals surface area (Å²) in [4.78, 5) is 10.3. The predicted octanol–water partition coefficient (Wildman–Crippen LogP) is 13.2. The normalized spacial score (nSPS) is 11.4. The van der Waals surface area contributed by atoms with E-state index in [2.05, 4.69) is 149 Å². The molecule has 5 heteroatoms. The number of hydrogen-bond donors (Lipinski definition) is 0. The first kappa shape index (κ1) is 33.3. The molecule has 0 fully saturated rings. The van der Waals surface area contributed by atoms with Crippen LogP contribution in [-0.2, 0) is 0 Å². The maximum Gasteiger partial charge on any atom is 0.160 e. The molecule has 0 N–H and O–H groups in total. The monoisotopic (exact) mass is 739 g/mol. The van der Waals surface area contributed by atoms with Crippen molar-refractivity contribution in [2.75, 3.05) is 0 Å². The molecule has 0 radical (unpaired) electrons. The molecule has 5 nitrogen and oxygen atoms in total. The van der Waals surface area contributed by atoms with Crippen molar-refractivity contribution < 1.29 is 0 Å². The summed E-state index contributed by atoms with van der Waals surface area (Å²) in [6.45, 7) is 0. The van der Waals surface area contributed by atoms with Crippen molar-refractivity contribution in [2.24, 2.45) is 0 Å². The lowest BCUT2D eigenvalue weighted by Gasteiger charge is -2.17. The molecule has 0 aliphatic carbocycles. The lowest BCUT2D eigenvalue weighted by Crippen LogP contribution is -2.02. The average Bonchev–Trinajstić information content (AvgIpc) is 3.82. The Hall–Kier alpha value is -8.07. The molecule has 3 heterocycles. The van der Waals surface area contributed by atoms with Gasteiger partial charge in [-0.05, 0) is 60.2 Å². The van der Waals surface area contributed by atoms with Crippen molar-refractivity contribution in [3.63, 3.8) is 0 Å². The molecular weight excluding hydrogens is 707 g/mol. The van der Waals surface area contributed by atoms with Crippen LogP contribution in [0.1, 0.15) is 5.56 Å². The van der Waals surface area contributed by atoms with Crippen LogP contribution < -0.4 is 0 Å². The molecule has 0 bridgehead atoms. The van der Waals surface area contributed by atoms with E-state index >= 15 is 0 Å². The molecule has 0 aliphatic heterocycles. The maximum atomic E-state index is 10.5. The van der Waals surface area contributed by atoms with Gasteiger partial charge in [-0.2, -0.15) is 5.26 Å². The van der Waals surface area contributed by atoms with Crippen LogP contribution in [0.3, 0.4) is 0 Å². The second-order valence-corrected chi connectivity index (χ2v) is 14.5. The minimum Gasteiger partial charge on any atom is -0.309 e. The lowest BCUT2D eigenvalue weighted by atomic mass is 9.98. The molecule has 11 rings (SSSR count). The first-order chi connectivity index (χ1) is 28.7. The highest BCUT2D eigenvalue weighted by Crippen LogP contribution is 2.41. The van der Waals surface area contributed by atoms with Crippen LogP contribution in [0.4, 0.5) is 0 Å². The van der Waals surface area contributed by atoms with Crippen LogP contribution in [0, 0.1) is 11.3 Å². The standard InChI is InChI=1S/C53H33N5/c54-34-45-51(36-18-6-2-7-19-36)55-53(56-52(45)37-20-8-3-9-21-37)38-28-30-49(43(32-38)35-16-4-1-5-17-35)58-48-27-15-12-24-42(48)44-33-39(29-31-50(44)58)57-46-25-13-10-22-40(46)41-23-11-14-26-47(41)57/h1-33H. The Morgan fingerprint density at radius 3 is 1.40 bits per heavy atom. The lowest BCUT2D eigenvalue weighted by molar-refractivity contribution is 1.15. The largest absolute Gasteiger partial charge is 0.309 e. The Bertz CT molecular complexity index is 3280. The molecule has 0 amide bonds. The molecule has 0 saturated heterocycles. The molecule has 8 aromatic carbocycles. The van der Waals surface area contributed by atoms with Crippen molar-refractivity contribution >= 4 is 43.6 Å². The summed E-state index contributed by atoms with van der Waals surface area (Å²) in [6, 6.07) is 72.1. The van der Waals surface area contributed by atoms with Crippen molar-refractivity contribution in [2.45, 2.75) is 0 Å². The summed E-state index contributed by atoms with van der Waals surface area (Å²) in [5.74, 6) is 0.554. The quantitative estimate of drug-likeness (QED) is 0.171. The van der Waals surface area contributed by atoms with Crippen molar-refractivity contribution in [1.82, 2.24) is 19.1 Å². The zero-order chi connectivity index (χ0) is 38.6. The number of nitriles is 1. The van der Waals surface area contributed by atoms with E-state index in [-0.39, 0.29) is 0 Å². The Morgan fingerprint density at radius 1 is 0.379 bits per heavy atom. The zero-order valence-electron chi connectivity index (χ0n) is 31.3. The average molecular weight is 740 g/mol. The smallest absolute Gasteiger partial charge is 0.160 e. The number of hydrogen-bond acceptors (Lipinski definition) is 3. The van der Waals surface area contributed by atoms with Gasteiger partial charge in [0, 0.05) is 49.5 Å². The fourth-order valence-corrected chi connectivity index (χ4v) is 8.58. The molecule has 0 saturated carbocycles. The van der Waals surface area contributed by atoms with E-state index in [1.807, 2.05) is 66.7 Å². The van der Waals surface area contributed by atoms with E-state index in [4.69, 9.17) is 9.97 Å². The topological polar surface area (TPSA) is 59.4 Å². The summed E-state index contributed by atoms with van der Waals surface area (Å²) < 4.78 is 4.77. The summed E-state index contributed by atoms with van der Waals surface area (Å²) >= 11 is 0. The van der Waals surface area contributed by atoms with Gasteiger partial charge in [0.05, 0.1) is 39.1 Å². The molecule has 0 spiro atoms. The fourth-order valence-electron chi connectivity index (χ4n) is 8.58. The second-order valence-electron chi connectivity index (χ2n) is 14.5. The van der Waals surface area contributed by atoms with Gasteiger partial charge >= 0.3 is 0 Å². The van der Waals surface area contributed by atoms with Crippen LogP contribution in [0.25, 0.3) is 100 Å². The maximum absolute atomic E-state index is 10.5. The number of nitrogens with zero attached hydrogens (tertiary/aromatic N) is 5. The summed E-state index contributed by atoms with van der Waals surface area (Å²) in [5, 5.41) is 15.4. The molecule has 0 aliphatic rings. The SMILES string of the molecule is N#Cc1c(-c2ccccc2)nc(-c2ccc(-n3c4ccccc4c4cc(-n5c6ccccc6c6ccccc65)ccc43)c(-c3ccccc3)c2)nc1-c1ccccc1. The highest BCUT2D eigenvalue weighted by atomic mass is 15.0. The van der Waals surface area contributed by atoms with Gasteiger partial charge in [0.15, 0.2) is 5.82 Å². The molecule has 3 aromatic heterocycles. The van der Waals surface area contributed by atoms with Gasteiger partial charge in [-0.15, -0.1) is 0 Å². The number of aromatic nitrogens is 4. The van der Waals surface area contributed by atoms with Gasteiger partial charge in [-0.1, -0.05) is 146 Å². The summed E-state index contributed by atoms with van der Waals surface area (Å²) in [5.41, 5.74) is 13.1. The van der Waals surface area contributed by atoms with E-state index in [1.54, 1.807) is 0 Å². The van der Waals surface area contributed by atoms with Crippen LogP contribution in [0.15, 0.2) is 200 Å². The van der Waals surface area contributed by atoms with Gasteiger partial charge in [0.25, 0.3) is 0 Å². The number of fused-ring (bicyclic) bond motifs is 6. The molecule has 0 atom stereocenters. The van der Waals surface area contributed by atoms with Crippen molar-refractivity contribution in [1.29, 1.82) is 5.26 Å². The van der Waals surface area contributed by atoms with Crippen LogP contribution in [0.5, 0.6) is 0 Å². The highest BCUT2D eigenvalue weighted by Gasteiger charge is 2.22. The summed E-state index contributed by atoms with van der Waals surface area (Å²) in [7, 11) is 0. The first-order valence-electron chi connectivity index (χ1n) is 19.4. The molecule has 0 unspecified atom stereocenters. The van der Waals surface area contributed by atoms with Gasteiger partial charge in [-0.25, -0.2) is 9.97 Å². The van der Waals surface area contributed by atoms with Crippen molar-refractivity contribution in [3.8, 4) is 62.5 Å². The third-order valence-corrected chi connectivity index (χ3v) is 11.2. The molecule has 58 heavy (non-hydrogen) atoms. The Labute approximate surface area is 335 Å². The van der Waals surface area contributed by atoms with Crippen LogP contribution in [0.2, 0.25) is 0 Å². The third-order valence-electron chi connectivity index (χ3n) is 11.2. The molecule has 11 aromatic rings. The van der Waals surface area contributed by atoms with Gasteiger partial charge in [0.2, 0.25) is 0 Å². The fraction of sp³-hybridized carbons (Fsp3) is 0. The Kier molecular flexibility index (Phi) is 7.80. The van der Waals surface area contributed by atoms with Crippen molar-refractivity contribution in [3.05, 3.63) is 206 Å². The van der Waals surface area contributed by atoms with E-state index in [0.29, 0.717) is 22.8 Å². The second kappa shape index (κ2) is 13.6. The minimum absolute atomic E-state index is 0.451. The zero-order valence-corrected chi connectivity index (χ0v) is 31.3. The van der Waals surface area contributed by atoms with Crippen LogP contribution >= 0.6 is 0 Å². The minimum atomic E-state index is 0.451. The first-order valence-corrected chi connectivity index (χ1v) is 19.4. The van der Waals surface area contributed by atoms with E-state index < -0.39 is 0 Å². The molecule has 270 valence electrons. The number of para-hydroxylation sites is 3. The number of rotatable bonds is 6. The summed E-state index contributed by atoms with van der Waals surface area (Å²) in [6.07, 6.45) is 0. The third kappa shape index (κ3) is 5.31. The predicted molar refractivity (Wildman–Crippen MR) is 237 cm³/mol. The number of benzene rings is 8. The molecular formula is C53H33N5. The van der Waals surface area contributed by atoms with Crippen LogP contribution in [-0.4, -0.2) is 19.1 Å².